The second-order valence-electron chi connectivity index (χ2n) is 7.16. The highest BCUT2D eigenvalue weighted by atomic mass is 16.6. The van der Waals surface area contributed by atoms with E-state index in [0.717, 1.165) is 10.6 Å². The number of ether oxygens (including phenoxy) is 1. The zero-order valence-electron chi connectivity index (χ0n) is 17.0. The van der Waals surface area contributed by atoms with Crippen molar-refractivity contribution in [3.8, 4) is 11.4 Å². The van der Waals surface area contributed by atoms with Gasteiger partial charge in [-0.1, -0.05) is 0 Å². The number of anilines is 1. The van der Waals surface area contributed by atoms with Crippen molar-refractivity contribution in [3.05, 3.63) is 81.7 Å². The van der Waals surface area contributed by atoms with E-state index in [1.807, 2.05) is 12.1 Å². The Balaban J connectivity index is 1.63. The second kappa shape index (κ2) is 6.98. The third-order valence-electron chi connectivity index (χ3n) is 5.36. The molecule has 0 atom stereocenters. The summed E-state index contributed by atoms with van der Waals surface area (Å²) >= 11 is 0. The number of nitro benzene ring substituents is 1. The van der Waals surface area contributed by atoms with Crippen LogP contribution in [0, 0.1) is 17.0 Å². The lowest BCUT2D eigenvalue weighted by atomic mass is 10.1. The minimum Gasteiger partial charge on any atom is -0.497 e. The van der Waals surface area contributed by atoms with Gasteiger partial charge in [-0.3, -0.25) is 19.7 Å². The number of imide groups is 1. The third-order valence-corrected chi connectivity index (χ3v) is 5.36. The first-order valence-electron chi connectivity index (χ1n) is 9.56. The predicted octanol–water partition coefficient (Wildman–Crippen LogP) is 3.45. The van der Waals surface area contributed by atoms with Gasteiger partial charge in [0.1, 0.15) is 5.75 Å². The lowest BCUT2D eigenvalue weighted by molar-refractivity contribution is -0.384. The van der Waals surface area contributed by atoms with Crippen molar-refractivity contribution in [3.63, 3.8) is 0 Å². The van der Waals surface area contributed by atoms with E-state index >= 15 is 0 Å². The molecule has 1 aliphatic heterocycles. The van der Waals surface area contributed by atoms with Crippen LogP contribution in [-0.2, 0) is 0 Å². The Morgan fingerprint density at radius 2 is 1.62 bits per heavy atom. The Bertz CT molecular complexity index is 1420. The van der Waals surface area contributed by atoms with Crippen molar-refractivity contribution in [1.29, 1.82) is 0 Å². The quantitative estimate of drug-likeness (QED) is 0.277. The van der Waals surface area contributed by atoms with Gasteiger partial charge in [0.2, 0.25) is 0 Å². The van der Waals surface area contributed by atoms with Crippen molar-refractivity contribution in [2.75, 3.05) is 12.0 Å². The summed E-state index contributed by atoms with van der Waals surface area (Å²) in [6.07, 6.45) is 1.37. The Morgan fingerprint density at radius 3 is 2.25 bits per heavy atom. The number of aryl methyl sites for hydroxylation is 1. The first kappa shape index (κ1) is 19.4. The fraction of sp³-hybridized carbons (Fsp3) is 0.0909. The summed E-state index contributed by atoms with van der Waals surface area (Å²) in [5.41, 5.74) is 2.21. The number of carbonyl (C=O) groups is 2. The molecule has 0 radical (unpaired) electrons. The minimum atomic E-state index is -0.545. The van der Waals surface area contributed by atoms with Gasteiger partial charge in [0.05, 0.1) is 45.6 Å². The topological polar surface area (TPSA) is 120 Å². The summed E-state index contributed by atoms with van der Waals surface area (Å²) < 4.78 is 6.80. The number of carbonyl (C=O) groups excluding carboxylic acids is 2. The molecule has 0 bridgehead atoms. The smallest absolute Gasteiger partial charge is 0.269 e. The Hall–Kier alpha value is -4.60. The number of hydrogen-bond acceptors (Lipinski definition) is 7. The Labute approximate surface area is 180 Å². The van der Waals surface area contributed by atoms with Crippen molar-refractivity contribution < 1.29 is 19.2 Å². The molecular formula is C22H15N5O5. The summed E-state index contributed by atoms with van der Waals surface area (Å²) in [6, 6.07) is 12.5. The number of nitrogens with zero attached hydrogens (tertiary/aromatic N) is 5. The number of pyridine rings is 1. The molecule has 2 amide bonds. The molecule has 2 aromatic carbocycles. The van der Waals surface area contributed by atoms with Crippen molar-refractivity contribution in [2.24, 2.45) is 0 Å². The van der Waals surface area contributed by atoms with Crippen LogP contribution in [0.1, 0.15) is 26.4 Å². The first-order valence-corrected chi connectivity index (χ1v) is 9.56. The van der Waals surface area contributed by atoms with Crippen LogP contribution in [0.2, 0.25) is 0 Å². The van der Waals surface area contributed by atoms with Gasteiger partial charge in [0, 0.05) is 18.3 Å². The maximum atomic E-state index is 13.3. The van der Waals surface area contributed by atoms with Crippen LogP contribution in [-0.4, -0.2) is 38.6 Å². The number of amides is 2. The van der Waals surface area contributed by atoms with Gasteiger partial charge in [-0.15, -0.1) is 0 Å². The predicted molar refractivity (Wildman–Crippen MR) is 114 cm³/mol. The average Bonchev–Trinajstić information content (AvgIpc) is 3.27. The van der Waals surface area contributed by atoms with Crippen molar-refractivity contribution >= 4 is 34.2 Å². The molecule has 0 aliphatic carbocycles. The zero-order chi connectivity index (χ0) is 22.6. The van der Waals surface area contributed by atoms with E-state index < -0.39 is 16.7 Å². The van der Waals surface area contributed by atoms with Crippen LogP contribution in [0.4, 0.5) is 11.4 Å². The molecule has 2 aromatic heterocycles. The molecule has 5 rings (SSSR count). The molecule has 0 saturated heterocycles. The highest BCUT2D eigenvalue weighted by Gasteiger charge is 2.40. The Kier molecular flexibility index (Phi) is 4.22. The fourth-order valence-corrected chi connectivity index (χ4v) is 3.82. The minimum absolute atomic E-state index is 0.133. The lowest BCUT2D eigenvalue weighted by Crippen LogP contribution is -2.29. The highest BCUT2D eigenvalue weighted by molar-refractivity contribution is 6.37. The molecule has 0 fully saturated rings. The van der Waals surface area contributed by atoms with Crippen LogP contribution in [0.15, 0.2) is 54.7 Å². The summed E-state index contributed by atoms with van der Waals surface area (Å²) in [5, 5.41) is 15.9. The number of aromatic nitrogens is 3. The summed E-state index contributed by atoms with van der Waals surface area (Å²) in [4.78, 5) is 42.1. The average molecular weight is 429 g/mol. The number of benzene rings is 2. The van der Waals surface area contributed by atoms with Gasteiger partial charge in [-0.05, 0) is 43.3 Å². The van der Waals surface area contributed by atoms with E-state index in [0.29, 0.717) is 22.5 Å². The zero-order valence-corrected chi connectivity index (χ0v) is 17.0. The highest BCUT2D eigenvalue weighted by Crippen LogP contribution is 2.35. The molecule has 0 N–H and O–H groups in total. The number of nitro groups is 1. The molecule has 32 heavy (non-hydrogen) atoms. The van der Waals surface area contributed by atoms with E-state index in [1.54, 1.807) is 30.8 Å². The lowest BCUT2D eigenvalue weighted by Gasteiger charge is -2.13. The molecule has 0 spiro atoms. The number of non-ortho nitro benzene ring substituents is 1. The SMILES string of the molecule is COc1ccc(-n2nc(C)c3c4c(cnc32)C(=O)N(c2ccc([N+](=O)[O-])cc2)C4=O)cc1. The summed E-state index contributed by atoms with van der Waals surface area (Å²) in [7, 11) is 1.58. The van der Waals surface area contributed by atoms with Gasteiger partial charge < -0.3 is 4.74 Å². The van der Waals surface area contributed by atoms with Crippen LogP contribution >= 0.6 is 0 Å². The van der Waals surface area contributed by atoms with Crippen LogP contribution in [0.25, 0.3) is 16.7 Å². The largest absolute Gasteiger partial charge is 0.497 e. The van der Waals surface area contributed by atoms with Crippen LogP contribution in [0.3, 0.4) is 0 Å². The fourth-order valence-electron chi connectivity index (χ4n) is 3.82. The van der Waals surface area contributed by atoms with E-state index in [9.17, 15) is 19.7 Å². The van der Waals surface area contributed by atoms with E-state index in [-0.39, 0.29) is 22.5 Å². The monoisotopic (exact) mass is 429 g/mol. The van der Waals surface area contributed by atoms with E-state index in [1.165, 1.54) is 30.5 Å². The maximum absolute atomic E-state index is 13.3. The van der Waals surface area contributed by atoms with Crippen molar-refractivity contribution in [1.82, 2.24) is 14.8 Å². The number of hydrogen-bond donors (Lipinski definition) is 0. The molecule has 4 aromatic rings. The second-order valence-corrected chi connectivity index (χ2v) is 7.16. The molecule has 158 valence electrons. The molecule has 10 heteroatoms. The van der Waals surface area contributed by atoms with Gasteiger partial charge in [-0.25, -0.2) is 14.6 Å². The molecular weight excluding hydrogens is 414 g/mol. The molecule has 1 aliphatic rings. The summed E-state index contributed by atoms with van der Waals surface area (Å²) in [5.74, 6) is -0.371. The maximum Gasteiger partial charge on any atom is 0.269 e. The molecule has 10 nitrogen and oxygen atoms in total. The number of methoxy groups -OCH3 is 1. The van der Waals surface area contributed by atoms with E-state index in [4.69, 9.17) is 4.74 Å². The molecule has 0 saturated carbocycles. The van der Waals surface area contributed by atoms with Crippen LogP contribution < -0.4 is 9.64 Å². The van der Waals surface area contributed by atoms with Crippen LogP contribution in [0.5, 0.6) is 5.75 Å². The third kappa shape index (κ3) is 2.73. The van der Waals surface area contributed by atoms with Gasteiger partial charge >= 0.3 is 0 Å². The number of fused-ring (bicyclic) bond motifs is 3. The summed E-state index contributed by atoms with van der Waals surface area (Å²) in [6.45, 7) is 1.75. The normalized spacial score (nSPS) is 13.0. The standard InChI is InChI=1S/C22H15N5O5/c1-12-18-19-17(11-23-20(18)26(24-12)14-7-9-16(32-2)10-8-14)21(28)25(22(19)29)13-3-5-15(6-4-13)27(30)31/h3-11H,1-2H3. The molecule has 0 unspecified atom stereocenters. The van der Waals surface area contributed by atoms with Gasteiger partial charge in [-0.2, -0.15) is 5.10 Å². The van der Waals surface area contributed by atoms with Gasteiger partial charge in [0.25, 0.3) is 17.5 Å². The van der Waals surface area contributed by atoms with Crippen molar-refractivity contribution in [2.45, 2.75) is 6.92 Å². The van der Waals surface area contributed by atoms with Gasteiger partial charge in [0.15, 0.2) is 5.65 Å². The van der Waals surface area contributed by atoms with E-state index in [2.05, 4.69) is 10.1 Å². The first-order chi connectivity index (χ1) is 15.4. The molecule has 3 heterocycles. The number of rotatable bonds is 4. The Morgan fingerprint density at radius 1 is 0.969 bits per heavy atom.